The molecule has 2 N–H and O–H groups in total. The van der Waals surface area contributed by atoms with Crippen molar-refractivity contribution in [3.8, 4) is 0 Å². The van der Waals surface area contributed by atoms with E-state index in [0.717, 1.165) is 0 Å². The highest BCUT2D eigenvalue weighted by Gasteiger charge is 2.13. The van der Waals surface area contributed by atoms with Crippen molar-refractivity contribution >= 4 is 13.9 Å². The van der Waals surface area contributed by atoms with Crippen LogP contribution in [0.3, 0.4) is 0 Å². The highest BCUT2D eigenvalue weighted by Crippen LogP contribution is 2.38. The van der Waals surface area contributed by atoms with Crippen LogP contribution in [-0.4, -0.2) is 16.1 Å². The zero-order valence-electron chi connectivity index (χ0n) is 6.75. The van der Waals surface area contributed by atoms with E-state index in [-0.39, 0.29) is 6.16 Å². The molecule has 5 heteroatoms. The summed E-state index contributed by atoms with van der Waals surface area (Å²) in [4.78, 5) is 27.6. The first-order valence-corrected chi connectivity index (χ1v) is 5.40. The minimum atomic E-state index is -4.03. The Morgan fingerprint density at radius 3 is 2.62 bits per heavy atom. The van der Waals surface area contributed by atoms with E-state index in [4.69, 9.17) is 9.79 Å². The molecule has 0 unspecified atom stereocenters. The van der Waals surface area contributed by atoms with Gasteiger partial charge in [0, 0.05) is 5.56 Å². The second-order valence-corrected chi connectivity index (χ2v) is 4.33. The third kappa shape index (κ3) is 3.51. The molecule has 70 valence electrons. The number of hydrogen-bond donors (Lipinski definition) is 2. The zero-order chi connectivity index (χ0) is 9.90. The number of carbonyl (C=O) groups is 1. The molecule has 0 heterocycles. The molecule has 0 amide bonds. The lowest BCUT2D eigenvalue weighted by molar-refractivity contribution is 0.112. The highest BCUT2D eigenvalue weighted by atomic mass is 31.2. The quantitative estimate of drug-likeness (QED) is 0.567. The number of benzene rings is 1. The zero-order valence-corrected chi connectivity index (χ0v) is 7.65. The Kier molecular flexibility index (Phi) is 2.98. The fourth-order valence-corrected chi connectivity index (χ4v) is 1.67. The Balaban J connectivity index is 2.90. The van der Waals surface area contributed by atoms with Gasteiger partial charge in [-0.1, -0.05) is 18.2 Å². The van der Waals surface area contributed by atoms with Gasteiger partial charge in [-0.3, -0.25) is 9.36 Å². The monoisotopic (exact) mass is 200 g/mol. The van der Waals surface area contributed by atoms with Crippen LogP contribution in [-0.2, 0) is 10.7 Å². The number of carbonyl (C=O) groups excluding carboxylic acids is 1. The summed E-state index contributed by atoms with van der Waals surface area (Å²) in [6.07, 6.45) is 0.317. The molecule has 4 nitrogen and oxygen atoms in total. The highest BCUT2D eigenvalue weighted by molar-refractivity contribution is 7.50. The summed E-state index contributed by atoms with van der Waals surface area (Å²) in [6, 6.07) is 6.21. The van der Waals surface area contributed by atoms with Gasteiger partial charge in [0.15, 0.2) is 0 Å². The summed E-state index contributed by atoms with van der Waals surface area (Å²) in [5.74, 6) is 0. The van der Waals surface area contributed by atoms with Gasteiger partial charge < -0.3 is 9.79 Å². The van der Waals surface area contributed by atoms with E-state index in [1.165, 1.54) is 6.07 Å². The minimum Gasteiger partial charge on any atom is -0.324 e. The molecule has 0 saturated carbocycles. The van der Waals surface area contributed by atoms with Crippen LogP contribution in [0.25, 0.3) is 0 Å². The predicted molar refractivity (Wildman–Crippen MR) is 47.6 cm³/mol. The SMILES string of the molecule is O=Cc1cccc(CP(=O)(O)O)c1. The van der Waals surface area contributed by atoms with Crippen LogP contribution in [0.1, 0.15) is 15.9 Å². The number of aldehydes is 1. The second kappa shape index (κ2) is 3.83. The maximum absolute atomic E-state index is 10.6. The number of rotatable bonds is 3. The average molecular weight is 200 g/mol. The van der Waals surface area contributed by atoms with Gasteiger partial charge in [0.05, 0.1) is 6.16 Å². The maximum atomic E-state index is 10.6. The Morgan fingerprint density at radius 2 is 2.08 bits per heavy atom. The fraction of sp³-hybridized carbons (Fsp3) is 0.125. The Bertz CT molecular complexity index is 355. The van der Waals surface area contributed by atoms with Crippen LogP contribution in [0.5, 0.6) is 0 Å². The molecule has 1 aromatic carbocycles. The molecule has 0 aliphatic heterocycles. The molecule has 0 aliphatic rings. The van der Waals surface area contributed by atoms with Crippen molar-refractivity contribution in [1.82, 2.24) is 0 Å². The topological polar surface area (TPSA) is 74.6 Å². The maximum Gasteiger partial charge on any atom is 0.329 e. The first kappa shape index (κ1) is 10.1. The van der Waals surface area contributed by atoms with Crippen LogP contribution in [0.15, 0.2) is 24.3 Å². The molecule has 1 rings (SSSR count). The van der Waals surface area contributed by atoms with Crippen molar-refractivity contribution < 1.29 is 19.1 Å². The molecular formula is C8H9O4P. The van der Waals surface area contributed by atoms with Gasteiger partial charge in [0.25, 0.3) is 0 Å². The van der Waals surface area contributed by atoms with Crippen molar-refractivity contribution in [3.05, 3.63) is 35.4 Å². The summed E-state index contributed by atoms with van der Waals surface area (Å²) in [6.45, 7) is 0. The molecule has 0 aliphatic carbocycles. The first-order valence-electron chi connectivity index (χ1n) is 3.60. The molecule has 0 fully saturated rings. The van der Waals surface area contributed by atoms with Crippen LogP contribution in [0.4, 0.5) is 0 Å². The van der Waals surface area contributed by atoms with Crippen molar-refractivity contribution in [2.75, 3.05) is 0 Å². The molecule has 0 atom stereocenters. The van der Waals surface area contributed by atoms with Crippen molar-refractivity contribution in [1.29, 1.82) is 0 Å². The van der Waals surface area contributed by atoms with Crippen LogP contribution in [0, 0.1) is 0 Å². The van der Waals surface area contributed by atoms with E-state index >= 15 is 0 Å². The van der Waals surface area contributed by atoms with Crippen LogP contribution in [0.2, 0.25) is 0 Å². The standard InChI is InChI=1S/C8H9O4P/c9-5-7-2-1-3-8(4-7)6-13(10,11)12/h1-5H,6H2,(H2,10,11,12). The molecular weight excluding hydrogens is 191 g/mol. The summed E-state index contributed by atoms with van der Waals surface area (Å²) in [5, 5.41) is 0. The summed E-state index contributed by atoms with van der Waals surface area (Å²) in [7, 11) is -4.03. The van der Waals surface area contributed by atoms with Gasteiger partial charge in [-0.25, -0.2) is 0 Å². The van der Waals surface area contributed by atoms with Crippen LogP contribution >= 0.6 is 7.60 Å². The van der Waals surface area contributed by atoms with Crippen molar-refractivity contribution in [2.24, 2.45) is 0 Å². The summed E-state index contributed by atoms with van der Waals surface area (Å²) in [5.41, 5.74) is 0.892. The van der Waals surface area contributed by atoms with Gasteiger partial charge in [0.1, 0.15) is 6.29 Å². The van der Waals surface area contributed by atoms with Crippen molar-refractivity contribution in [3.63, 3.8) is 0 Å². The Morgan fingerprint density at radius 1 is 1.38 bits per heavy atom. The van der Waals surface area contributed by atoms with Crippen molar-refractivity contribution in [2.45, 2.75) is 6.16 Å². The van der Waals surface area contributed by atoms with E-state index in [9.17, 15) is 9.36 Å². The molecule has 0 bridgehead atoms. The normalized spacial score (nSPS) is 11.2. The molecule has 1 aromatic rings. The third-order valence-electron chi connectivity index (χ3n) is 1.48. The molecule has 0 aromatic heterocycles. The summed E-state index contributed by atoms with van der Waals surface area (Å²) >= 11 is 0. The fourth-order valence-electron chi connectivity index (χ4n) is 1.00. The average Bonchev–Trinajstić information content (AvgIpc) is 2.01. The minimum absolute atomic E-state index is 0.325. The van der Waals surface area contributed by atoms with E-state index in [2.05, 4.69) is 0 Å². The lowest BCUT2D eigenvalue weighted by Gasteiger charge is -2.03. The third-order valence-corrected chi connectivity index (χ3v) is 2.25. The van der Waals surface area contributed by atoms with Crippen LogP contribution < -0.4 is 0 Å². The molecule has 0 spiro atoms. The molecule has 0 saturated heterocycles. The Hall–Kier alpha value is -0.960. The molecule has 0 radical (unpaired) electrons. The molecule has 13 heavy (non-hydrogen) atoms. The van der Waals surface area contributed by atoms with Gasteiger partial charge in [0.2, 0.25) is 0 Å². The van der Waals surface area contributed by atoms with E-state index in [0.29, 0.717) is 17.4 Å². The second-order valence-electron chi connectivity index (χ2n) is 2.69. The lowest BCUT2D eigenvalue weighted by Crippen LogP contribution is -1.88. The van der Waals surface area contributed by atoms with E-state index in [1.807, 2.05) is 0 Å². The van der Waals surface area contributed by atoms with Gasteiger partial charge in [-0.05, 0) is 11.6 Å². The first-order chi connectivity index (χ1) is 6.01. The largest absolute Gasteiger partial charge is 0.329 e. The predicted octanol–water partition coefficient (Wildman–Crippen LogP) is 1.18. The Labute approximate surface area is 75.4 Å². The van der Waals surface area contributed by atoms with Gasteiger partial charge >= 0.3 is 7.60 Å². The van der Waals surface area contributed by atoms with Gasteiger partial charge in [-0.15, -0.1) is 0 Å². The number of hydrogen-bond acceptors (Lipinski definition) is 2. The summed E-state index contributed by atoms with van der Waals surface area (Å²) < 4.78 is 10.6. The lowest BCUT2D eigenvalue weighted by atomic mass is 10.2. The smallest absolute Gasteiger partial charge is 0.324 e. The van der Waals surface area contributed by atoms with Gasteiger partial charge in [-0.2, -0.15) is 0 Å². The van der Waals surface area contributed by atoms with E-state index in [1.54, 1.807) is 18.2 Å². The van der Waals surface area contributed by atoms with E-state index < -0.39 is 7.60 Å².